The number of H-pyrrole nitrogens is 2. The molecule has 0 atom stereocenters. The predicted molar refractivity (Wildman–Crippen MR) is 73.8 cm³/mol. The van der Waals surface area contributed by atoms with Crippen LogP contribution in [0.2, 0.25) is 0 Å². The molecule has 0 unspecified atom stereocenters. The lowest BCUT2D eigenvalue weighted by Crippen LogP contribution is -2.14. The summed E-state index contributed by atoms with van der Waals surface area (Å²) < 4.78 is 0. The molecule has 2 heterocycles. The molecule has 4 nitrogen and oxygen atoms in total. The van der Waals surface area contributed by atoms with Crippen molar-refractivity contribution in [1.29, 1.82) is 0 Å². The van der Waals surface area contributed by atoms with Crippen molar-refractivity contribution in [2.24, 2.45) is 0 Å². The molecule has 0 fully saturated rings. The van der Waals surface area contributed by atoms with E-state index in [0.29, 0.717) is 6.54 Å². The van der Waals surface area contributed by atoms with Crippen molar-refractivity contribution in [1.82, 2.24) is 15.3 Å². The Morgan fingerprint density at radius 1 is 1.22 bits per heavy atom. The van der Waals surface area contributed by atoms with E-state index < -0.39 is 0 Å². The van der Waals surface area contributed by atoms with E-state index >= 15 is 0 Å². The van der Waals surface area contributed by atoms with Crippen LogP contribution in [0.1, 0.15) is 11.3 Å². The van der Waals surface area contributed by atoms with Gasteiger partial charge < -0.3 is 15.3 Å². The molecule has 3 rings (SSSR count). The van der Waals surface area contributed by atoms with Gasteiger partial charge in [0.1, 0.15) is 0 Å². The summed E-state index contributed by atoms with van der Waals surface area (Å²) in [4.78, 5) is 17.0. The smallest absolute Gasteiger partial charge is 0.304 e. The average molecular weight is 259 g/mol. The Morgan fingerprint density at radius 3 is 3.00 bits per heavy atom. The van der Waals surface area contributed by atoms with Crippen LogP contribution in [0.4, 0.5) is 0 Å². The second-order valence-corrected chi connectivity index (χ2v) is 4.98. The minimum absolute atomic E-state index is 0.00160. The molecule has 3 aromatic rings. The number of benzene rings is 1. The van der Waals surface area contributed by atoms with Crippen LogP contribution in [0.3, 0.4) is 0 Å². The highest BCUT2D eigenvalue weighted by Gasteiger charge is 2.01. The standard InChI is InChI=1S/C13H13N3OS/c17-13-16-11(8-18-13)7-14-6-10-3-1-2-9-4-5-15-12(9)10/h1-5,8,14-15H,6-7H2,(H,16,17). The number of hydrogen-bond donors (Lipinski definition) is 3. The van der Waals surface area contributed by atoms with Gasteiger partial charge in [0.05, 0.1) is 0 Å². The summed E-state index contributed by atoms with van der Waals surface area (Å²) in [5.41, 5.74) is 3.34. The molecular formula is C13H13N3OS. The molecule has 0 saturated heterocycles. The van der Waals surface area contributed by atoms with Gasteiger partial charge in [-0.1, -0.05) is 29.5 Å². The maximum Gasteiger partial charge on any atom is 0.304 e. The van der Waals surface area contributed by atoms with Crippen molar-refractivity contribution >= 4 is 22.2 Å². The van der Waals surface area contributed by atoms with Crippen molar-refractivity contribution in [2.75, 3.05) is 0 Å². The Kier molecular flexibility index (Phi) is 3.00. The highest BCUT2D eigenvalue weighted by atomic mass is 32.1. The highest BCUT2D eigenvalue weighted by molar-refractivity contribution is 7.07. The Balaban J connectivity index is 1.69. The third kappa shape index (κ3) is 2.23. The van der Waals surface area contributed by atoms with Crippen molar-refractivity contribution < 1.29 is 0 Å². The molecule has 0 spiro atoms. The fourth-order valence-corrected chi connectivity index (χ4v) is 2.61. The van der Waals surface area contributed by atoms with Gasteiger partial charge in [-0.15, -0.1) is 0 Å². The molecule has 0 bridgehead atoms. The fraction of sp³-hybridized carbons (Fsp3) is 0.154. The minimum atomic E-state index is -0.00160. The molecule has 18 heavy (non-hydrogen) atoms. The molecule has 0 aliphatic rings. The summed E-state index contributed by atoms with van der Waals surface area (Å²) in [5.74, 6) is 0. The molecule has 0 amide bonds. The van der Waals surface area contributed by atoms with Gasteiger partial charge in [-0.3, -0.25) is 4.79 Å². The summed E-state index contributed by atoms with van der Waals surface area (Å²) in [5, 5.41) is 6.40. The lowest BCUT2D eigenvalue weighted by atomic mass is 10.1. The van der Waals surface area contributed by atoms with Crippen LogP contribution in [0.15, 0.2) is 40.6 Å². The number of fused-ring (bicyclic) bond motifs is 1. The Morgan fingerprint density at radius 2 is 2.17 bits per heavy atom. The number of rotatable bonds is 4. The number of hydrogen-bond acceptors (Lipinski definition) is 3. The van der Waals surface area contributed by atoms with Crippen LogP contribution in [0, 0.1) is 0 Å². The van der Waals surface area contributed by atoms with Gasteiger partial charge in [0, 0.05) is 35.9 Å². The van der Waals surface area contributed by atoms with Gasteiger partial charge in [0.2, 0.25) is 0 Å². The van der Waals surface area contributed by atoms with Gasteiger partial charge in [-0.25, -0.2) is 0 Å². The largest absolute Gasteiger partial charge is 0.361 e. The Labute approximate surface area is 108 Å². The van der Waals surface area contributed by atoms with Gasteiger partial charge in [0.25, 0.3) is 0 Å². The van der Waals surface area contributed by atoms with Gasteiger partial charge >= 0.3 is 4.87 Å². The topological polar surface area (TPSA) is 60.7 Å². The summed E-state index contributed by atoms with van der Waals surface area (Å²) >= 11 is 1.20. The lowest BCUT2D eigenvalue weighted by Gasteiger charge is -2.05. The predicted octanol–water partition coefficient (Wildman–Crippen LogP) is 2.21. The number of aromatic amines is 2. The highest BCUT2D eigenvalue weighted by Crippen LogP contribution is 2.16. The number of para-hydroxylation sites is 1. The zero-order valence-corrected chi connectivity index (χ0v) is 10.5. The van der Waals surface area contributed by atoms with E-state index in [1.54, 1.807) is 0 Å². The third-order valence-electron chi connectivity index (χ3n) is 2.88. The Hall–Kier alpha value is -1.85. The van der Waals surface area contributed by atoms with E-state index in [1.807, 2.05) is 11.6 Å². The molecule has 3 N–H and O–H groups in total. The zero-order valence-electron chi connectivity index (χ0n) is 9.69. The monoisotopic (exact) mass is 259 g/mol. The van der Waals surface area contributed by atoms with Crippen molar-refractivity contribution in [3.63, 3.8) is 0 Å². The summed E-state index contributed by atoms with van der Waals surface area (Å²) in [7, 11) is 0. The first-order valence-electron chi connectivity index (χ1n) is 5.75. The zero-order chi connectivity index (χ0) is 12.4. The molecule has 0 saturated carbocycles. The number of thiazole rings is 1. The SMILES string of the molecule is O=c1[nH]c(CNCc2cccc3cc[nH]c23)cs1. The van der Waals surface area contributed by atoms with Gasteiger partial charge in [0.15, 0.2) is 0 Å². The van der Waals surface area contributed by atoms with E-state index in [4.69, 9.17) is 0 Å². The maximum absolute atomic E-state index is 11.0. The van der Waals surface area contributed by atoms with E-state index in [1.165, 1.54) is 27.8 Å². The van der Waals surface area contributed by atoms with Crippen molar-refractivity contribution in [3.8, 4) is 0 Å². The maximum atomic E-state index is 11.0. The van der Waals surface area contributed by atoms with E-state index in [9.17, 15) is 4.79 Å². The van der Waals surface area contributed by atoms with Gasteiger partial charge in [-0.2, -0.15) is 0 Å². The van der Waals surface area contributed by atoms with E-state index in [2.05, 4.69) is 39.6 Å². The van der Waals surface area contributed by atoms with Crippen LogP contribution in [-0.2, 0) is 13.1 Å². The van der Waals surface area contributed by atoms with E-state index in [-0.39, 0.29) is 4.87 Å². The fourth-order valence-electron chi connectivity index (χ4n) is 2.03. The van der Waals surface area contributed by atoms with Crippen molar-refractivity contribution in [3.05, 3.63) is 56.8 Å². The van der Waals surface area contributed by atoms with Crippen LogP contribution in [0.25, 0.3) is 10.9 Å². The molecule has 5 heteroatoms. The van der Waals surface area contributed by atoms with Crippen LogP contribution >= 0.6 is 11.3 Å². The number of aromatic nitrogens is 2. The first-order valence-corrected chi connectivity index (χ1v) is 6.63. The first kappa shape index (κ1) is 11.3. The average Bonchev–Trinajstić information content (AvgIpc) is 2.98. The Bertz CT molecular complexity index is 710. The quantitative estimate of drug-likeness (QED) is 0.672. The third-order valence-corrected chi connectivity index (χ3v) is 3.59. The molecule has 0 aliphatic heterocycles. The van der Waals surface area contributed by atoms with Crippen LogP contribution in [0.5, 0.6) is 0 Å². The molecule has 2 aromatic heterocycles. The summed E-state index contributed by atoms with van der Waals surface area (Å²) in [6.07, 6.45) is 1.95. The van der Waals surface area contributed by atoms with Crippen LogP contribution < -0.4 is 10.2 Å². The summed E-state index contributed by atoms with van der Waals surface area (Å²) in [6.45, 7) is 1.45. The molecule has 0 aliphatic carbocycles. The molecule has 1 aromatic carbocycles. The lowest BCUT2D eigenvalue weighted by molar-refractivity contribution is 0.684. The first-order chi connectivity index (χ1) is 8.83. The van der Waals surface area contributed by atoms with Gasteiger partial charge in [-0.05, 0) is 17.0 Å². The minimum Gasteiger partial charge on any atom is -0.361 e. The molecule has 0 radical (unpaired) electrons. The van der Waals surface area contributed by atoms with E-state index in [0.717, 1.165) is 12.2 Å². The molecular weight excluding hydrogens is 246 g/mol. The molecule has 92 valence electrons. The van der Waals surface area contributed by atoms with Crippen molar-refractivity contribution in [2.45, 2.75) is 13.1 Å². The second-order valence-electron chi connectivity index (χ2n) is 4.14. The summed E-state index contributed by atoms with van der Waals surface area (Å²) in [6, 6.07) is 8.31. The normalized spacial score (nSPS) is 11.1. The second kappa shape index (κ2) is 4.80. The van der Waals surface area contributed by atoms with Crippen LogP contribution in [-0.4, -0.2) is 9.97 Å². The number of nitrogens with one attached hydrogen (secondary N) is 3.